The Hall–Kier alpha value is -2.34. The molecule has 4 rings (SSSR count). The molecule has 0 N–H and O–H groups in total. The Bertz CT molecular complexity index is 881. The fourth-order valence-electron chi connectivity index (χ4n) is 2.78. The molecular formula is C15H14ClN5O. The van der Waals surface area contributed by atoms with Crippen molar-refractivity contribution in [3.63, 3.8) is 0 Å². The van der Waals surface area contributed by atoms with Crippen LogP contribution in [0.5, 0.6) is 0 Å². The molecule has 112 valence electrons. The summed E-state index contributed by atoms with van der Waals surface area (Å²) in [5, 5.41) is 4.84. The second-order valence-electron chi connectivity index (χ2n) is 5.53. The van der Waals surface area contributed by atoms with Gasteiger partial charge in [-0.15, -0.1) is 0 Å². The predicted molar refractivity (Wildman–Crippen MR) is 84.4 cm³/mol. The van der Waals surface area contributed by atoms with Crippen molar-refractivity contribution in [1.82, 2.24) is 19.2 Å². The topological polar surface area (TPSA) is 55.4 Å². The first-order valence-corrected chi connectivity index (χ1v) is 7.48. The van der Waals surface area contributed by atoms with Crippen LogP contribution in [-0.4, -0.2) is 32.3 Å². The van der Waals surface area contributed by atoms with Crippen LogP contribution in [0.1, 0.15) is 0 Å². The minimum absolute atomic E-state index is 0.0529. The minimum atomic E-state index is -0.0529. The van der Waals surface area contributed by atoms with E-state index in [9.17, 15) is 4.79 Å². The van der Waals surface area contributed by atoms with Crippen molar-refractivity contribution >= 4 is 23.1 Å². The lowest BCUT2D eigenvalue weighted by Crippen LogP contribution is -2.49. The second kappa shape index (κ2) is 5.14. The SMILES string of the molecule is O=c1cc(N2CC(Cn3cc(Cl)cn3)C2)nc2ccccn12. The summed E-state index contributed by atoms with van der Waals surface area (Å²) in [6, 6.07) is 7.14. The Balaban J connectivity index is 1.49. The van der Waals surface area contributed by atoms with Gasteiger partial charge in [-0.3, -0.25) is 13.9 Å². The standard InChI is InChI=1S/C15H14ClN5O/c16-12-6-17-20(10-12)9-11-7-19(8-11)14-5-15(22)21-4-2-1-3-13(21)18-14/h1-6,10-11H,7-9H2. The predicted octanol–water partition coefficient (Wildman–Crippen LogP) is 1.68. The summed E-state index contributed by atoms with van der Waals surface area (Å²) in [6.45, 7) is 2.57. The van der Waals surface area contributed by atoms with Crippen LogP contribution >= 0.6 is 11.6 Å². The van der Waals surface area contributed by atoms with Crippen molar-refractivity contribution in [2.24, 2.45) is 5.92 Å². The molecule has 0 aromatic carbocycles. The molecule has 1 fully saturated rings. The van der Waals surface area contributed by atoms with Crippen molar-refractivity contribution in [2.75, 3.05) is 18.0 Å². The number of anilines is 1. The average molecular weight is 316 g/mol. The summed E-state index contributed by atoms with van der Waals surface area (Å²) in [5.74, 6) is 1.23. The summed E-state index contributed by atoms with van der Waals surface area (Å²) in [7, 11) is 0. The van der Waals surface area contributed by atoms with Gasteiger partial charge in [0.05, 0.1) is 11.2 Å². The highest BCUT2D eigenvalue weighted by molar-refractivity contribution is 6.30. The van der Waals surface area contributed by atoms with Crippen LogP contribution < -0.4 is 10.5 Å². The molecule has 22 heavy (non-hydrogen) atoms. The molecular weight excluding hydrogens is 302 g/mol. The van der Waals surface area contributed by atoms with Crippen molar-refractivity contribution in [3.8, 4) is 0 Å². The molecule has 1 aliphatic heterocycles. The second-order valence-corrected chi connectivity index (χ2v) is 5.97. The lowest BCUT2D eigenvalue weighted by atomic mass is 10.0. The Kier molecular flexibility index (Phi) is 3.11. The minimum Gasteiger partial charge on any atom is -0.356 e. The monoisotopic (exact) mass is 315 g/mol. The summed E-state index contributed by atoms with van der Waals surface area (Å²) < 4.78 is 3.40. The average Bonchev–Trinajstić information content (AvgIpc) is 2.88. The Morgan fingerprint density at radius 2 is 2.18 bits per heavy atom. The fourth-order valence-corrected chi connectivity index (χ4v) is 2.93. The van der Waals surface area contributed by atoms with Crippen molar-refractivity contribution in [3.05, 3.63) is 58.2 Å². The third kappa shape index (κ3) is 2.35. The maximum absolute atomic E-state index is 12.1. The first kappa shape index (κ1) is 13.3. The molecule has 3 aromatic heterocycles. The summed E-state index contributed by atoms with van der Waals surface area (Å²) >= 11 is 5.86. The highest BCUT2D eigenvalue weighted by Gasteiger charge is 2.28. The number of aromatic nitrogens is 4. The summed E-state index contributed by atoms with van der Waals surface area (Å²) in [5.41, 5.74) is 0.621. The number of fused-ring (bicyclic) bond motifs is 1. The van der Waals surface area contributed by atoms with Crippen LogP contribution in [0.2, 0.25) is 5.02 Å². The van der Waals surface area contributed by atoms with Crippen LogP contribution in [0.25, 0.3) is 5.65 Å². The van der Waals surface area contributed by atoms with E-state index in [-0.39, 0.29) is 5.56 Å². The van der Waals surface area contributed by atoms with Gasteiger partial charge < -0.3 is 4.90 Å². The van der Waals surface area contributed by atoms with Crippen molar-refractivity contribution in [1.29, 1.82) is 0 Å². The first-order chi connectivity index (χ1) is 10.7. The van der Waals surface area contributed by atoms with E-state index in [1.54, 1.807) is 22.9 Å². The van der Waals surface area contributed by atoms with Crippen LogP contribution in [0.3, 0.4) is 0 Å². The normalized spacial score (nSPS) is 15.2. The molecule has 7 heteroatoms. The molecule has 0 atom stereocenters. The number of rotatable bonds is 3. The zero-order chi connectivity index (χ0) is 15.1. The molecule has 0 bridgehead atoms. The van der Waals surface area contributed by atoms with Gasteiger partial charge in [-0.05, 0) is 12.1 Å². The zero-order valence-corrected chi connectivity index (χ0v) is 12.5. The Labute approximate surface area is 131 Å². The third-order valence-corrected chi connectivity index (χ3v) is 4.08. The van der Waals surface area contributed by atoms with Gasteiger partial charge in [-0.1, -0.05) is 17.7 Å². The highest BCUT2D eigenvalue weighted by atomic mass is 35.5. The Morgan fingerprint density at radius 3 is 2.95 bits per heavy atom. The molecule has 0 amide bonds. The van der Waals surface area contributed by atoms with E-state index in [4.69, 9.17) is 11.6 Å². The van der Waals surface area contributed by atoms with E-state index in [2.05, 4.69) is 15.0 Å². The van der Waals surface area contributed by atoms with E-state index < -0.39 is 0 Å². The van der Waals surface area contributed by atoms with Crippen LogP contribution in [0.4, 0.5) is 5.82 Å². The lowest BCUT2D eigenvalue weighted by molar-refractivity contribution is 0.340. The quantitative estimate of drug-likeness (QED) is 0.738. The van der Waals surface area contributed by atoms with Gasteiger partial charge in [0, 0.05) is 44.0 Å². The molecule has 0 radical (unpaired) electrons. The van der Waals surface area contributed by atoms with E-state index in [0.717, 1.165) is 25.5 Å². The molecule has 0 unspecified atom stereocenters. The van der Waals surface area contributed by atoms with Crippen molar-refractivity contribution in [2.45, 2.75) is 6.54 Å². The lowest BCUT2D eigenvalue weighted by Gasteiger charge is -2.40. The number of hydrogen-bond donors (Lipinski definition) is 0. The van der Waals surface area contributed by atoms with Gasteiger partial charge in [-0.25, -0.2) is 4.98 Å². The van der Waals surface area contributed by atoms with E-state index >= 15 is 0 Å². The third-order valence-electron chi connectivity index (χ3n) is 3.89. The van der Waals surface area contributed by atoms with Gasteiger partial charge in [0.1, 0.15) is 11.5 Å². The van der Waals surface area contributed by atoms with Gasteiger partial charge in [0.25, 0.3) is 5.56 Å². The molecule has 4 heterocycles. The molecule has 1 saturated heterocycles. The van der Waals surface area contributed by atoms with Crippen LogP contribution in [-0.2, 0) is 6.54 Å². The number of halogens is 1. The van der Waals surface area contributed by atoms with Crippen LogP contribution in [0, 0.1) is 5.92 Å². The van der Waals surface area contributed by atoms with E-state index in [1.807, 2.05) is 29.1 Å². The van der Waals surface area contributed by atoms with Gasteiger partial charge >= 0.3 is 0 Å². The van der Waals surface area contributed by atoms with Gasteiger partial charge in [-0.2, -0.15) is 5.10 Å². The molecule has 0 saturated carbocycles. The molecule has 6 nitrogen and oxygen atoms in total. The largest absolute Gasteiger partial charge is 0.356 e. The van der Waals surface area contributed by atoms with E-state index in [0.29, 0.717) is 16.6 Å². The summed E-state index contributed by atoms with van der Waals surface area (Å²) in [4.78, 5) is 18.8. The zero-order valence-electron chi connectivity index (χ0n) is 11.8. The number of pyridine rings is 1. The number of nitrogens with zero attached hydrogens (tertiary/aromatic N) is 5. The fraction of sp³-hybridized carbons (Fsp3) is 0.267. The maximum atomic E-state index is 12.1. The Morgan fingerprint density at radius 1 is 1.32 bits per heavy atom. The highest BCUT2D eigenvalue weighted by Crippen LogP contribution is 2.23. The number of hydrogen-bond acceptors (Lipinski definition) is 4. The maximum Gasteiger partial charge on any atom is 0.259 e. The van der Waals surface area contributed by atoms with Crippen molar-refractivity contribution < 1.29 is 0 Å². The molecule has 0 spiro atoms. The first-order valence-electron chi connectivity index (χ1n) is 7.10. The molecule has 3 aromatic rings. The molecule has 1 aliphatic rings. The van der Waals surface area contributed by atoms with Gasteiger partial charge in [0.15, 0.2) is 0 Å². The smallest absolute Gasteiger partial charge is 0.259 e. The van der Waals surface area contributed by atoms with Crippen LogP contribution in [0.15, 0.2) is 47.7 Å². The van der Waals surface area contributed by atoms with Gasteiger partial charge in [0.2, 0.25) is 0 Å². The van der Waals surface area contributed by atoms with E-state index in [1.165, 1.54) is 0 Å². The molecule has 0 aliphatic carbocycles. The summed E-state index contributed by atoms with van der Waals surface area (Å²) in [6.07, 6.45) is 5.20.